The van der Waals surface area contributed by atoms with Crippen molar-refractivity contribution < 1.29 is 106 Å². The molecule has 0 bridgehead atoms. The van der Waals surface area contributed by atoms with Gasteiger partial charge in [-0.05, 0) is 0 Å². The van der Waals surface area contributed by atoms with Crippen LogP contribution in [-0.4, -0.2) is 0 Å². The van der Waals surface area contributed by atoms with Crippen molar-refractivity contribution in [2.24, 2.45) is 0 Å². The first kappa shape index (κ1) is 46.1. The second-order valence-electron chi connectivity index (χ2n) is 11.7. The van der Waals surface area contributed by atoms with Gasteiger partial charge < -0.3 is 0 Å². The minimum absolute atomic E-state index is 0.864. The molecule has 0 aliphatic heterocycles. The summed E-state index contributed by atoms with van der Waals surface area (Å²) in [6, 6.07) is 77.7. The number of benzene rings is 8. The zero-order valence-corrected chi connectivity index (χ0v) is 38.6. The summed E-state index contributed by atoms with van der Waals surface area (Å²) < 4.78 is 44.1. The summed E-state index contributed by atoms with van der Waals surface area (Å²) in [5, 5.41) is 0. The van der Waals surface area contributed by atoms with E-state index in [0.717, 1.165) is 46.0 Å². The van der Waals surface area contributed by atoms with Crippen LogP contribution < -0.4 is 26.5 Å². The van der Waals surface area contributed by atoms with Crippen molar-refractivity contribution in [2.45, 2.75) is 0 Å². The molecule has 0 aromatic heterocycles. The standard InChI is InChI=1S/8C6H6O.4Ti/c8*7-6-4-2-1-3-5-6;;;;/h8*1-5,7H;;;;/q;;;;;;;;4*+2/p-8. The summed E-state index contributed by atoms with van der Waals surface area (Å²) in [5.74, 6) is 6.95. The first-order valence-corrected chi connectivity index (χ1v) is 23.7. The second kappa shape index (κ2) is 30.1. The molecule has 60 heavy (non-hydrogen) atoms. The Labute approximate surface area is 391 Å². The Balaban J connectivity index is 0.000000152. The van der Waals surface area contributed by atoms with E-state index in [1.807, 2.05) is 243 Å². The van der Waals surface area contributed by atoms with Gasteiger partial charge in [0, 0.05) is 0 Å². The molecule has 8 rings (SSSR count). The van der Waals surface area contributed by atoms with Crippen molar-refractivity contribution in [1.29, 1.82) is 0 Å². The Morgan fingerprint density at radius 3 is 0.350 bits per heavy atom. The normalized spacial score (nSPS) is 9.33. The molecule has 0 aliphatic rings. The summed E-state index contributed by atoms with van der Waals surface area (Å²) in [7, 11) is 0. The van der Waals surface area contributed by atoms with Crippen molar-refractivity contribution in [3.63, 3.8) is 0 Å². The monoisotopic (exact) mass is 936 g/mol. The zero-order chi connectivity index (χ0) is 41.4. The molecular weight excluding hydrogens is 896 g/mol. The zero-order valence-electron chi connectivity index (χ0n) is 32.4. The molecule has 0 fully saturated rings. The molecule has 0 unspecified atom stereocenters. The predicted octanol–water partition coefficient (Wildman–Crippen LogP) is 12.2. The van der Waals surface area contributed by atoms with Crippen LogP contribution in [0.5, 0.6) is 46.0 Å². The molecule has 8 aromatic rings. The van der Waals surface area contributed by atoms with Crippen LogP contribution in [0.25, 0.3) is 0 Å². The van der Waals surface area contributed by atoms with Gasteiger partial charge in [0.25, 0.3) is 0 Å². The Morgan fingerprint density at radius 2 is 0.250 bits per heavy atom. The molecular formula is C48H40O8Ti4. The van der Waals surface area contributed by atoms with Gasteiger partial charge >= 0.3 is 395 Å². The van der Waals surface area contributed by atoms with Gasteiger partial charge in [0.1, 0.15) is 0 Å². The summed E-state index contributed by atoms with van der Waals surface area (Å²) in [6.45, 7) is 0. The van der Waals surface area contributed by atoms with Gasteiger partial charge in [-0.1, -0.05) is 0 Å². The molecule has 0 saturated heterocycles. The maximum atomic E-state index is 5.51. The third-order valence-electron chi connectivity index (χ3n) is 7.22. The number of rotatable bonds is 16. The van der Waals surface area contributed by atoms with E-state index in [4.69, 9.17) is 26.5 Å². The Bertz CT molecular complexity index is 1720. The van der Waals surface area contributed by atoms with Crippen molar-refractivity contribution in [1.82, 2.24) is 0 Å². The van der Waals surface area contributed by atoms with Gasteiger partial charge in [-0.25, -0.2) is 0 Å². The van der Waals surface area contributed by atoms with Crippen LogP contribution in [0.1, 0.15) is 0 Å². The van der Waals surface area contributed by atoms with E-state index in [1.54, 1.807) is 0 Å². The fourth-order valence-corrected chi connectivity index (χ4v) is 7.54. The predicted molar refractivity (Wildman–Crippen MR) is 217 cm³/mol. The van der Waals surface area contributed by atoms with Crippen LogP contribution >= 0.6 is 0 Å². The van der Waals surface area contributed by atoms with Gasteiger partial charge in [0.05, 0.1) is 0 Å². The van der Waals surface area contributed by atoms with Crippen molar-refractivity contribution >= 4 is 0 Å². The molecule has 0 radical (unpaired) electrons. The van der Waals surface area contributed by atoms with E-state index < -0.39 is 79.7 Å². The van der Waals surface area contributed by atoms with Gasteiger partial charge in [0.15, 0.2) is 0 Å². The summed E-state index contributed by atoms with van der Waals surface area (Å²) in [6.07, 6.45) is 0. The third-order valence-corrected chi connectivity index (χ3v) is 11.2. The average Bonchev–Trinajstić information content (AvgIpc) is 3.33. The van der Waals surface area contributed by atoms with Crippen LogP contribution in [0, 0.1) is 0 Å². The molecule has 296 valence electrons. The molecule has 0 aliphatic carbocycles. The number of para-hydroxylation sites is 8. The van der Waals surface area contributed by atoms with Crippen LogP contribution in [0.15, 0.2) is 243 Å². The minimum atomic E-state index is -0.864. The van der Waals surface area contributed by atoms with Gasteiger partial charge in [0.2, 0.25) is 0 Å². The van der Waals surface area contributed by atoms with E-state index in [9.17, 15) is 0 Å². The molecule has 0 heterocycles. The van der Waals surface area contributed by atoms with E-state index in [0.29, 0.717) is 0 Å². The fraction of sp³-hybridized carbons (Fsp3) is 0. The first-order chi connectivity index (χ1) is 29.8. The van der Waals surface area contributed by atoms with Gasteiger partial charge in [-0.2, -0.15) is 0 Å². The molecule has 8 nitrogen and oxygen atoms in total. The van der Waals surface area contributed by atoms with Crippen LogP contribution in [0.4, 0.5) is 0 Å². The second-order valence-corrected chi connectivity index (χ2v) is 15.2. The molecule has 0 spiro atoms. The maximum absolute atomic E-state index is 5.51. The quantitative estimate of drug-likeness (QED) is 0.0887. The van der Waals surface area contributed by atoms with E-state index in [-0.39, 0.29) is 0 Å². The Hall–Kier alpha value is -4.98. The van der Waals surface area contributed by atoms with E-state index in [1.165, 1.54) is 0 Å². The Morgan fingerprint density at radius 1 is 0.150 bits per heavy atom. The van der Waals surface area contributed by atoms with Crippen LogP contribution in [0.2, 0.25) is 0 Å². The third kappa shape index (κ3) is 20.8. The van der Waals surface area contributed by atoms with E-state index >= 15 is 0 Å². The van der Waals surface area contributed by atoms with Crippen LogP contribution in [-0.2, 0) is 79.7 Å². The topological polar surface area (TPSA) is 73.8 Å². The van der Waals surface area contributed by atoms with Crippen molar-refractivity contribution in [3.8, 4) is 46.0 Å². The molecule has 8 aromatic carbocycles. The van der Waals surface area contributed by atoms with Crippen molar-refractivity contribution in [2.75, 3.05) is 0 Å². The molecule has 12 heteroatoms. The van der Waals surface area contributed by atoms with Gasteiger partial charge in [-0.3, -0.25) is 0 Å². The molecule has 0 saturated carbocycles. The first-order valence-electron chi connectivity index (χ1n) is 18.6. The summed E-state index contributed by atoms with van der Waals surface area (Å²) in [5.41, 5.74) is 0. The molecule has 0 amide bonds. The number of hydrogen-bond acceptors (Lipinski definition) is 8. The molecule has 0 N–H and O–H groups in total. The fourth-order valence-electron chi connectivity index (χ4n) is 4.38. The van der Waals surface area contributed by atoms with E-state index in [2.05, 4.69) is 0 Å². The average molecular weight is 936 g/mol. The molecule has 0 atom stereocenters. The number of hydrogen-bond donors (Lipinski definition) is 0. The Kier molecular flexibility index (Phi) is 23.1. The van der Waals surface area contributed by atoms with Crippen molar-refractivity contribution in [3.05, 3.63) is 243 Å². The summed E-state index contributed by atoms with van der Waals surface area (Å²) >= 11 is -3.45. The SMILES string of the molecule is c1ccc([O][Ti][O]c2ccccc2)cc1.c1ccc([O][Ti][O]c2ccccc2)cc1.c1ccc([O][Ti][O]c2ccccc2)cc1.c1ccc([O][Ti][O]c2ccccc2)cc1. The van der Waals surface area contributed by atoms with Crippen LogP contribution in [0.3, 0.4) is 0 Å². The summed E-state index contributed by atoms with van der Waals surface area (Å²) in [4.78, 5) is 0. The van der Waals surface area contributed by atoms with Gasteiger partial charge in [-0.15, -0.1) is 0 Å².